The Morgan fingerprint density at radius 1 is 1.32 bits per heavy atom. The lowest BCUT2D eigenvalue weighted by Crippen LogP contribution is -2.33. The fourth-order valence-electron chi connectivity index (χ4n) is 1.57. The van der Waals surface area contributed by atoms with Crippen LogP contribution >= 0.6 is 12.4 Å². The average Bonchev–Trinajstić information content (AvgIpc) is 2.38. The molecular formula is C13H21ClFN3O3S. The van der Waals surface area contributed by atoms with Gasteiger partial charge in [-0.2, -0.15) is 0 Å². The number of hydrogen-bond donors (Lipinski definition) is 3. The van der Waals surface area contributed by atoms with Crippen LogP contribution in [0.4, 0.5) is 4.39 Å². The molecule has 1 aromatic carbocycles. The summed E-state index contributed by atoms with van der Waals surface area (Å²) in [6.45, 7) is 2.17. The van der Waals surface area contributed by atoms with Gasteiger partial charge in [-0.15, -0.1) is 12.4 Å². The van der Waals surface area contributed by atoms with Crippen molar-refractivity contribution in [3.63, 3.8) is 0 Å². The minimum Gasteiger partial charge on any atom is -0.356 e. The van der Waals surface area contributed by atoms with Gasteiger partial charge in [-0.1, -0.05) is 12.1 Å². The molecule has 0 fully saturated rings. The molecule has 6 nitrogen and oxygen atoms in total. The van der Waals surface area contributed by atoms with E-state index >= 15 is 0 Å². The van der Waals surface area contributed by atoms with Crippen molar-refractivity contribution in [1.82, 2.24) is 10.0 Å². The molecule has 9 heteroatoms. The highest BCUT2D eigenvalue weighted by molar-refractivity contribution is 7.89. The summed E-state index contributed by atoms with van der Waals surface area (Å²) in [6.07, 6.45) is 0.624. The summed E-state index contributed by atoms with van der Waals surface area (Å²) in [5.41, 5.74) is 5.54. The van der Waals surface area contributed by atoms with Crippen LogP contribution in [-0.2, 0) is 14.8 Å². The molecule has 22 heavy (non-hydrogen) atoms. The highest BCUT2D eigenvalue weighted by atomic mass is 35.5. The van der Waals surface area contributed by atoms with Gasteiger partial charge in [0.2, 0.25) is 15.9 Å². The first-order valence-corrected chi connectivity index (χ1v) is 8.07. The molecule has 1 atom stereocenters. The molecule has 1 unspecified atom stereocenters. The second-order valence-electron chi connectivity index (χ2n) is 4.69. The maximum atomic E-state index is 13.4. The largest absolute Gasteiger partial charge is 0.356 e. The summed E-state index contributed by atoms with van der Waals surface area (Å²) >= 11 is 0. The lowest BCUT2D eigenvalue weighted by molar-refractivity contribution is -0.120. The third kappa shape index (κ3) is 7.17. The van der Waals surface area contributed by atoms with Gasteiger partial charge in [-0.25, -0.2) is 17.5 Å². The Morgan fingerprint density at radius 2 is 1.95 bits per heavy atom. The van der Waals surface area contributed by atoms with E-state index in [1.54, 1.807) is 0 Å². The van der Waals surface area contributed by atoms with Gasteiger partial charge in [0.05, 0.1) is 0 Å². The molecule has 0 saturated carbocycles. The van der Waals surface area contributed by atoms with E-state index in [-0.39, 0.29) is 37.3 Å². The van der Waals surface area contributed by atoms with E-state index < -0.39 is 20.7 Å². The van der Waals surface area contributed by atoms with E-state index in [0.717, 1.165) is 6.07 Å². The fourth-order valence-corrected chi connectivity index (χ4v) is 2.68. The standard InChI is InChI=1S/C13H20FN3O3S.ClH/c1-10(15)6-8-16-13(18)7-9-17-21(19,20)12-5-3-2-4-11(12)14;/h2-5,10,17H,6-9,15H2,1H3,(H,16,18);1H. The van der Waals surface area contributed by atoms with Crippen molar-refractivity contribution in [1.29, 1.82) is 0 Å². The number of nitrogens with one attached hydrogen (secondary N) is 2. The zero-order valence-electron chi connectivity index (χ0n) is 12.2. The fraction of sp³-hybridized carbons (Fsp3) is 0.462. The van der Waals surface area contributed by atoms with Crippen LogP contribution in [0.5, 0.6) is 0 Å². The van der Waals surface area contributed by atoms with Crippen molar-refractivity contribution in [2.75, 3.05) is 13.1 Å². The lowest BCUT2D eigenvalue weighted by Gasteiger charge is -2.09. The van der Waals surface area contributed by atoms with E-state index in [1.807, 2.05) is 6.92 Å². The molecule has 0 heterocycles. The molecule has 0 aliphatic carbocycles. The van der Waals surface area contributed by atoms with Crippen molar-refractivity contribution in [2.24, 2.45) is 5.73 Å². The van der Waals surface area contributed by atoms with E-state index in [0.29, 0.717) is 13.0 Å². The molecule has 0 aliphatic rings. The number of rotatable bonds is 8. The average molecular weight is 354 g/mol. The number of nitrogens with two attached hydrogens (primary N) is 1. The van der Waals surface area contributed by atoms with Gasteiger partial charge in [0.15, 0.2) is 0 Å². The Morgan fingerprint density at radius 3 is 2.55 bits per heavy atom. The zero-order valence-corrected chi connectivity index (χ0v) is 13.8. The van der Waals surface area contributed by atoms with Gasteiger partial charge in [-0.05, 0) is 25.5 Å². The Balaban J connectivity index is 0.00000441. The van der Waals surface area contributed by atoms with Crippen LogP contribution in [0.25, 0.3) is 0 Å². The van der Waals surface area contributed by atoms with Crippen LogP contribution in [0.15, 0.2) is 29.2 Å². The first-order chi connectivity index (χ1) is 9.83. The topological polar surface area (TPSA) is 101 Å². The lowest BCUT2D eigenvalue weighted by atomic mass is 10.2. The van der Waals surface area contributed by atoms with Gasteiger partial charge in [0.1, 0.15) is 10.7 Å². The quantitative estimate of drug-likeness (QED) is 0.642. The molecule has 1 amide bonds. The minimum atomic E-state index is -3.95. The number of carbonyl (C=O) groups excluding carboxylic acids is 1. The molecule has 4 N–H and O–H groups in total. The summed E-state index contributed by atoms with van der Waals surface area (Å²) in [5, 5.41) is 2.62. The molecule has 1 rings (SSSR count). The SMILES string of the molecule is CC(N)CCNC(=O)CCNS(=O)(=O)c1ccccc1F.Cl. The number of amides is 1. The van der Waals surface area contributed by atoms with Crippen LogP contribution < -0.4 is 15.8 Å². The van der Waals surface area contributed by atoms with Crippen molar-refractivity contribution in [3.05, 3.63) is 30.1 Å². The number of benzene rings is 1. The molecular weight excluding hydrogens is 333 g/mol. The molecule has 0 aromatic heterocycles. The molecule has 0 bridgehead atoms. The molecule has 0 spiro atoms. The molecule has 0 saturated heterocycles. The van der Waals surface area contributed by atoms with E-state index in [4.69, 9.17) is 5.73 Å². The molecule has 0 radical (unpaired) electrons. The van der Waals surface area contributed by atoms with Crippen LogP contribution in [0.2, 0.25) is 0 Å². The number of halogens is 2. The predicted octanol–water partition coefficient (Wildman–Crippen LogP) is 0.769. The zero-order chi connectivity index (χ0) is 15.9. The summed E-state index contributed by atoms with van der Waals surface area (Å²) < 4.78 is 39.3. The monoisotopic (exact) mass is 353 g/mol. The number of carbonyl (C=O) groups is 1. The van der Waals surface area contributed by atoms with Crippen molar-refractivity contribution in [3.8, 4) is 0 Å². The van der Waals surface area contributed by atoms with E-state index in [1.165, 1.54) is 18.2 Å². The smallest absolute Gasteiger partial charge is 0.243 e. The second-order valence-corrected chi connectivity index (χ2v) is 6.43. The summed E-state index contributed by atoms with van der Waals surface area (Å²) in [4.78, 5) is 11.0. The minimum absolute atomic E-state index is 0. The normalized spacial score (nSPS) is 12.3. The Hall–Kier alpha value is -1.22. The maximum absolute atomic E-state index is 13.4. The van der Waals surface area contributed by atoms with E-state index in [2.05, 4.69) is 10.0 Å². The number of hydrogen-bond acceptors (Lipinski definition) is 4. The molecule has 0 aliphatic heterocycles. The van der Waals surface area contributed by atoms with Crippen LogP contribution in [0.1, 0.15) is 19.8 Å². The second kappa shape index (κ2) is 9.73. The van der Waals surface area contributed by atoms with Crippen LogP contribution in [0, 0.1) is 5.82 Å². The summed E-state index contributed by atoms with van der Waals surface area (Å²) in [6, 6.07) is 5.05. The third-order valence-corrected chi connectivity index (χ3v) is 4.19. The first kappa shape index (κ1) is 20.8. The molecule has 126 valence electrons. The predicted molar refractivity (Wildman–Crippen MR) is 84.7 cm³/mol. The Bertz CT molecular complexity index is 582. The van der Waals surface area contributed by atoms with Gasteiger partial charge >= 0.3 is 0 Å². The van der Waals surface area contributed by atoms with Crippen LogP contribution in [0.3, 0.4) is 0 Å². The van der Waals surface area contributed by atoms with Crippen molar-refractivity contribution >= 4 is 28.3 Å². The highest BCUT2D eigenvalue weighted by Crippen LogP contribution is 2.12. The Kier molecular flexibility index (Phi) is 9.19. The van der Waals surface area contributed by atoms with Gasteiger partial charge < -0.3 is 11.1 Å². The first-order valence-electron chi connectivity index (χ1n) is 6.59. The Labute approximate surface area is 136 Å². The highest BCUT2D eigenvalue weighted by Gasteiger charge is 2.18. The van der Waals surface area contributed by atoms with Crippen LogP contribution in [-0.4, -0.2) is 33.5 Å². The van der Waals surface area contributed by atoms with Crippen molar-refractivity contribution < 1.29 is 17.6 Å². The third-order valence-electron chi connectivity index (χ3n) is 2.69. The van der Waals surface area contributed by atoms with Gasteiger partial charge in [0, 0.05) is 25.6 Å². The maximum Gasteiger partial charge on any atom is 0.243 e. The van der Waals surface area contributed by atoms with Crippen molar-refractivity contribution in [2.45, 2.75) is 30.7 Å². The van der Waals surface area contributed by atoms with Gasteiger partial charge in [0.25, 0.3) is 0 Å². The van der Waals surface area contributed by atoms with E-state index in [9.17, 15) is 17.6 Å². The summed E-state index contributed by atoms with van der Waals surface area (Å²) in [5.74, 6) is -1.11. The number of sulfonamides is 1. The summed E-state index contributed by atoms with van der Waals surface area (Å²) in [7, 11) is -3.95. The van der Waals surface area contributed by atoms with Gasteiger partial charge in [-0.3, -0.25) is 4.79 Å². The molecule has 1 aromatic rings.